The van der Waals surface area contributed by atoms with Crippen LogP contribution in [0.4, 0.5) is 10.2 Å². The maximum absolute atomic E-state index is 15.9. The molecule has 0 aliphatic rings. The number of hydrogen-bond donors (Lipinski definition) is 1. The number of anilines is 1. The molecule has 1 aromatic rings. The molecule has 0 spiro atoms. The van der Waals surface area contributed by atoms with E-state index in [9.17, 15) is 14.4 Å². The van der Waals surface area contributed by atoms with Crippen LogP contribution in [0.25, 0.3) is 0 Å². The Kier molecular flexibility index (Phi) is 16.1. The lowest BCUT2D eigenvalue weighted by Gasteiger charge is -2.38. The van der Waals surface area contributed by atoms with E-state index in [-0.39, 0.29) is 24.5 Å². The monoisotopic (exact) mass is 547 g/mol. The molecule has 1 rings (SSSR count). The first-order valence-corrected chi connectivity index (χ1v) is 13.7. The average molecular weight is 548 g/mol. The molecule has 0 aliphatic carbocycles. The zero-order chi connectivity index (χ0) is 27.7. The lowest BCUT2D eigenvalue weighted by Crippen LogP contribution is -2.56. The van der Waals surface area contributed by atoms with E-state index in [1.54, 1.807) is 0 Å². The molecule has 9 nitrogen and oxygen atoms in total. The highest BCUT2D eigenvalue weighted by Gasteiger charge is 2.49. The molecule has 1 aromatic heterocycles. The third-order valence-corrected chi connectivity index (χ3v) is 6.68. The number of unbranched alkanes of at least 4 members (excludes halogenated alkanes) is 8. The second-order valence-electron chi connectivity index (χ2n) is 9.22. The maximum Gasteiger partial charge on any atom is 0.351 e. The van der Waals surface area contributed by atoms with Crippen LogP contribution in [0, 0.1) is 0 Å². The van der Waals surface area contributed by atoms with Crippen molar-refractivity contribution in [2.75, 3.05) is 25.3 Å². The fraction of sp³-hybridized carbons (Fsp3) is 0.769. The van der Waals surface area contributed by atoms with Gasteiger partial charge < -0.3 is 19.9 Å². The zero-order valence-electron chi connectivity index (χ0n) is 22.4. The number of nitrogen functional groups attached to an aromatic ring is 1. The third-order valence-electron chi connectivity index (χ3n) is 6.22. The highest BCUT2D eigenvalue weighted by atomic mass is 35.5. The number of carbonyl (C=O) groups excluding carboxylic acids is 2. The molecular formula is C26H43ClFN3O6. The van der Waals surface area contributed by atoms with Crippen LogP contribution in [-0.2, 0) is 23.8 Å². The zero-order valence-corrected chi connectivity index (χ0v) is 23.1. The van der Waals surface area contributed by atoms with Gasteiger partial charge in [0.25, 0.3) is 0 Å². The van der Waals surface area contributed by atoms with Crippen LogP contribution in [0.15, 0.2) is 17.1 Å². The molecule has 2 N–H and O–H groups in total. The molecule has 3 atom stereocenters. The van der Waals surface area contributed by atoms with Gasteiger partial charge in [0.15, 0.2) is 11.7 Å². The summed E-state index contributed by atoms with van der Waals surface area (Å²) in [7, 11) is 1.25. The molecule has 0 radical (unpaired) electrons. The van der Waals surface area contributed by atoms with Gasteiger partial charge in [-0.2, -0.15) is 4.98 Å². The summed E-state index contributed by atoms with van der Waals surface area (Å²) in [6.07, 6.45) is 6.69. The highest BCUT2D eigenvalue weighted by Crippen LogP contribution is 2.31. The van der Waals surface area contributed by atoms with E-state index in [1.165, 1.54) is 13.2 Å². The number of esters is 2. The van der Waals surface area contributed by atoms with Gasteiger partial charge in [0.2, 0.25) is 6.30 Å². The van der Waals surface area contributed by atoms with Crippen molar-refractivity contribution < 1.29 is 28.2 Å². The summed E-state index contributed by atoms with van der Waals surface area (Å²) >= 11 is 6.21. The van der Waals surface area contributed by atoms with Crippen LogP contribution in [-0.4, -0.2) is 52.8 Å². The number of aromatic nitrogens is 2. The van der Waals surface area contributed by atoms with Crippen LogP contribution >= 0.6 is 11.6 Å². The third kappa shape index (κ3) is 11.4. The Morgan fingerprint density at radius 1 is 1.05 bits per heavy atom. The molecular weight excluding hydrogens is 505 g/mol. The van der Waals surface area contributed by atoms with Gasteiger partial charge in [-0.3, -0.25) is 14.2 Å². The number of rotatable bonds is 20. The predicted octanol–water partition coefficient (Wildman–Crippen LogP) is 5.09. The Morgan fingerprint density at radius 3 is 2.14 bits per heavy atom. The summed E-state index contributed by atoms with van der Waals surface area (Å²) < 4.78 is 33.0. The molecule has 0 aromatic carbocycles. The molecule has 212 valence electrons. The van der Waals surface area contributed by atoms with Crippen molar-refractivity contribution in [3.63, 3.8) is 0 Å². The summed E-state index contributed by atoms with van der Waals surface area (Å²) in [4.78, 5) is 40.9. The Bertz CT molecular complexity index is 865. The number of hydrogen-bond acceptors (Lipinski definition) is 8. The largest absolute Gasteiger partial charge is 0.462 e. The molecule has 0 amide bonds. The van der Waals surface area contributed by atoms with Gasteiger partial charge in [-0.25, -0.2) is 9.18 Å². The first-order valence-electron chi connectivity index (χ1n) is 13.2. The second-order valence-corrected chi connectivity index (χ2v) is 9.48. The average Bonchev–Trinajstić information content (AvgIpc) is 2.88. The van der Waals surface area contributed by atoms with Crippen molar-refractivity contribution in [3.05, 3.63) is 22.7 Å². The van der Waals surface area contributed by atoms with Gasteiger partial charge in [-0.05, 0) is 18.9 Å². The number of methoxy groups -OCH3 is 1. The van der Waals surface area contributed by atoms with Crippen LogP contribution < -0.4 is 11.4 Å². The van der Waals surface area contributed by atoms with Crippen molar-refractivity contribution >= 4 is 29.4 Å². The fourth-order valence-electron chi connectivity index (χ4n) is 3.82. The SMILES string of the molecule is CCCCCCCC(=O)OC[C@@](CCl)(OC)[C@@H](OC(=O)CCCCCCC)[C@@H](F)n1ccc(N)nc1=O. The maximum atomic E-state index is 15.9. The van der Waals surface area contributed by atoms with Crippen LogP contribution in [0.1, 0.15) is 97.2 Å². The Hall–Kier alpha value is -2.20. The van der Waals surface area contributed by atoms with Crippen LogP contribution in [0.3, 0.4) is 0 Å². The molecule has 0 unspecified atom stereocenters. The number of alkyl halides is 2. The molecule has 37 heavy (non-hydrogen) atoms. The smallest absolute Gasteiger partial charge is 0.351 e. The summed E-state index contributed by atoms with van der Waals surface area (Å²) in [6.45, 7) is 3.73. The first-order chi connectivity index (χ1) is 17.7. The van der Waals surface area contributed by atoms with Crippen molar-refractivity contribution in [2.45, 2.75) is 109 Å². The number of carbonyl (C=O) groups is 2. The standard InChI is InChI=1S/C26H43ClFN3O6/c1-4-6-8-10-12-14-21(32)36-19-26(18-27,35-3)23(37-22(33)15-13-11-9-7-5-2)24(28)31-17-16-20(29)30-25(31)34/h16-17,23-24H,4-15,18-19H2,1-3H3,(H2,29,30,34)/t23-,24-,26+/m0/s1. The van der Waals surface area contributed by atoms with Crippen molar-refractivity contribution in [3.8, 4) is 0 Å². The van der Waals surface area contributed by atoms with E-state index >= 15 is 4.39 Å². The highest BCUT2D eigenvalue weighted by molar-refractivity contribution is 6.18. The van der Waals surface area contributed by atoms with Crippen molar-refractivity contribution in [1.82, 2.24) is 9.55 Å². The van der Waals surface area contributed by atoms with E-state index < -0.39 is 42.2 Å². The minimum atomic E-state index is -2.23. The minimum absolute atomic E-state index is 0.0570. The lowest BCUT2D eigenvalue weighted by molar-refractivity contribution is -0.196. The van der Waals surface area contributed by atoms with Gasteiger partial charge in [0, 0.05) is 26.1 Å². The molecule has 1 heterocycles. The van der Waals surface area contributed by atoms with Gasteiger partial charge in [-0.1, -0.05) is 65.2 Å². The summed E-state index contributed by atoms with van der Waals surface area (Å²) in [5, 5.41) is 0. The fourth-order valence-corrected chi connectivity index (χ4v) is 4.16. The Labute approximate surface area is 224 Å². The minimum Gasteiger partial charge on any atom is -0.462 e. The Morgan fingerprint density at radius 2 is 1.62 bits per heavy atom. The number of nitrogens with zero attached hydrogens (tertiary/aromatic N) is 2. The summed E-state index contributed by atoms with van der Waals surface area (Å²) in [5.74, 6) is -1.63. The van der Waals surface area contributed by atoms with E-state index in [2.05, 4.69) is 18.8 Å². The van der Waals surface area contributed by atoms with Crippen molar-refractivity contribution in [2.24, 2.45) is 0 Å². The van der Waals surface area contributed by atoms with Crippen LogP contribution in [0.2, 0.25) is 0 Å². The molecule has 0 aliphatic heterocycles. The number of nitrogens with two attached hydrogens (primary N) is 1. The molecule has 0 saturated heterocycles. The van der Waals surface area contributed by atoms with E-state index in [0.29, 0.717) is 17.4 Å². The van der Waals surface area contributed by atoms with E-state index in [4.69, 9.17) is 31.5 Å². The normalized spacial score (nSPS) is 14.5. The van der Waals surface area contributed by atoms with Crippen LogP contribution in [0.5, 0.6) is 0 Å². The van der Waals surface area contributed by atoms with Gasteiger partial charge in [-0.15, -0.1) is 11.6 Å². The van der Waals surface area contributed by atoms with Crippen molar-refractivity contribution in [1.29, 1.82) is 0 Å². The summed E-state index contributed by atoms with van der Waals surface area (Å²) in [6, 6.07) is 1.24. The topological polar surface area (TPSA) is 123 Å². The molecule has 0 saturated carbocycles. The second kappa shape index (κ2) is 18.1. The van der Waals surface area contributed by atoms with E-state index in [0.717, 1.165) is 57.6 Å². The van der Waals surface area contributed by atoms with Gasteiger partial charge in [0.05, 0.1) is 5.88 Å². The number of halogens is 2. The Balaban J connectivity index is 3.06. The first kappa shape index (κ1) is 32.8. The predicted molar refractivity (Wildman–Crippen MR) is 141 cm³/mol. The van der Waals surface area contributed by atoms with Gasteiger partial charge >= 0.3 is 17.6 Å². The molecule has 0 fully saturated rings. The van der Waals surface area contributed by atoms with E-state index in [1.807, 2.05) is 0 Å². The molecule has 11 heteroatoms. The lowest BCUT2D eigenvalue weighted by atomic mass is 9.97. The molecule has 0 bridgehead atoms. The van der Waals surface area contributed by atoms with Gasteiger partial charge in [0.1, 0.15) is 12.4 Å². The number of ether oxygens (including phenoxy) is 3. The summed E-state index contributed by atoms with van der Waals surface area (Å²) in [5.41, 5.74) is 2.80. The quantitative estimate of drug-likeness (QED) is 0.136.